The Bertz CT molecular complexity index is 831. The highest BCUT2D eigenvalue weighted by atomic mass is 16.5. The van der Waals surface area contributed by atoms with Crippen LogP contribution in [-0.2, 0) is 9.47 Å². The Hall–Kier alpha value is -3.05. The number of likely N-dealkylation sites (tertiary alicyclic amines) is 2. The van der Waals surface area contributed by atoms with Crippen molar-refractivity contribution in [1.82, 2.24) is 29.7 Å². The van der Waals surface area contributed by atoms with E-state index >= 15 is 0 Å². The third-order valence-corrected chi connectivity index (χ3v) is 5.73. The molecule has 11 nitrogen and oxygen atoms in total. The second-order valence-corrected chi connectivity index (χ2v) is 7.91. The largest absolute Gasteiger partial charge is 0.383 e. The van der Waals surface area contributed by atoms with E-state index in [-0.39, 0.29) is 17.9 Å². The van der Waals surface area contributed by atoms with Gasteiger partial charge in [0.05, 0.1) is 24.6 Å². The summed E-state index contributed by atoms with van der Waals surface area (Å²) in [6.45, 7) is 5.10. The molecule has 0 radical (unpaired) electrons. The van der Waals surface area contributed by atoms with Crippen molar-refractivity contribution in [1.29, 1.82) is 0 Å². The van der Waals surface area contributed by atoms with E-state index in [2.05, 4.69) is 30.6 Å². The monoisotopic (exact) mass is 442 g/mol. The van der Waals surface area contributed by atoms with Gasteiger partial charge in [0, 0.05) is 90.1 Å². The minimum Gasteiger partial charge on any atom is -0.383 e. The fourth-order valence-corrected chi connectivity index (χ4v) is 3.93. The number of carbonyl (C=O) groups is 1. The summed E-state index contributed by atoms with van der Waals surface area (Å²) in [4.78, 5) is 34.4. The van der Waals surface area contributed by atoms with E-state index in [1.54, 1.807) is 39.0 Å². The normalized spacial score (nSPS) is 16.4. The van der Waals surface area contributed by atoms with Gasteiger partial charge in [-0.25, -0.2) is 14.8 Å². The van der Waals surface area contributed by atoms with E-state index < -0.39 is 0 Å². The number of amides is 2. The molecule has 32 heavy (non-hydrogen) atoms. The van der Waals surface area contributed by atoms with Crippen LogP contribution in [0.15, 0.2) is 24.8 Å². The molecule has 2 N–H and O–H groups in total. The molecule has 0 spiro atoms. The lowest BCUT2D eigenvalue weighted by molar-refractivity contribution is 0.0836. The Morgan fingerprint density at radius 3 is 1.62 bits per heavy atom. The summed E-state index contributed by atoms with van der Waals surface area (Å²) in [6.07, 6.45) is 6.73. The predicted molar refractivity (Wildman–Crippen MR) is 119 cm³/mol. The molecular formula is C21H30N8O3. The first-order valence-electron chi connectivity index (χ1n) is 10.8. The molecule has 0 unspecified atom stereocenters. The summed E-state index contributed by atoms with van der Waals surface area (Å²) in [7, 11) is 3.33. The van der Waals surface area contributed by atoms with Gasteiger partial charge < -0.3 is 29.9 Å². The van der Waals surface area contributed by atoms with Gasteiger partial charge in [-0.3, -0.25) is 9.97 Å². The van der Waals surface area contributed by atoms with Crippen molar-refractivity contribution in [3.8, 4) is 0 Å². The zero-order valence-corrected chi connectivity index (χ0v) is 18.5. The molecule has 0 atom stereocenters. The van der Waals surface area contributed by atoms with E-state index in [9.17, 15) is 4.79 Å². The maximum atomic E-state index is 12.9. The number of carbonyl (C=O) groups excluding carboxylic acids is 1. The summed E-state index contributed by atoms with van der Waals surface area (Å²) in [5.74, 6) is 1.90. The van der Waals surface area contributed by atoms with Gasteiger partial charge in [-0.2, -0.15) is 0 Å². The van der Waals surface area contributed by atoms with E-state index in [0.29, 0.717) is 52.5 Å². The van der Waals surface area contributed by atoms with Gasteiger partial charge in [-0.1, -0.05) is 0 Å². The van der Waals surface area contributed by atoms with Crippen LogP contribution >= 0.6 is 0 Å². The number of methoxy groups -OCH3 is 2. The molecule has 0 bridgehead atoms. The molecule has 2 aliphatic heterocycles. The predicted octanol–water partition coefficient (Wildman–Crippen LogP) is 1.00. The Labute approximate surface area is 187 Å². The van der Waals surface area contributed by atoms with Crippen LogP contribution in [-0.4, -0.2) is 102 Å². The zero-order valence-electron chi connectivity index (χ0n) is 18.5. The van der Waals surface area contributed by atoms with Gasteiger partial charge in [0.15, 0.2) is 0 Å². The van der Waals surface area contributed by atoms with Crippen molar-refractivity contribution in [2.45, 2.75) is 11.8 Å². The highest BCUT2D eigenvalue weighted by Crippen LogP contribution is 2.34. The highest BCUT2D eigenvalue weighted by molar-refractivity contribution is 5.77. The van der Waals surface area contributed by atoms with Crippen LogP contribution in [0.25, 0.3) is 0 Å². The smallest absolute Gasteiger partial charge is 0.320 e. The van der Waals surface area contributed by atoms with Crippen molar-refractivity contribution in [2.75, 3.05) is 77.3 Å². The minimum absolute atomic E-state index is 0.0630. The van der Waals surface area contributed by atoms with Gasteiger partial charge in [0.1, 0.15) is 11.6 Å². The van der Waals surface area contributed by atoms with Crippen molar-refractivity contribution in [3.05, 3.63) is 36.2 Å². The SMILES string of the molecule is COCCNc1nccnc1C1CN(C(=O)N2CC(c3nccnc3NCCOC)C2)C1. The van der Waals surface area contributed by atoms with E-state index in [0.717, 1.165) is 23.0 Å². The lowest BCUT2D eigenvalue weighted by Crippen LogP contribution is -2.59. The van der Waals surface area contributed by atoms with Crippen LogP contribution in [0.1, 0.15) is 23.2 Å². The molecule has 2 aromatic heterocycles. The number of nitrogens with one attached hydrogen (secondary N) is 2. The van der Waals surface area contributed by atoms with Gasteiger partial charge in [0.2, 0.25) is 0 Å². The summed E-state index contributed by atoms with van der Waals surface area (Å²) in [6, 6.07) is 0.0630. The number of hydrogen-bond donors (Lipinski definition) is 2. The van der Waals surface area contributed by atoms with Crippen molar-refractivity contribution in [3.63, 3.8) is 0 Å². The number of anilines is 2. The number of rotatable bonds is 10. The topological polar surface area (TPSA) is 118 Å². The Kier molecular flexibility index (Phi) is 7.28. The maximum Gasteiger partial charge on any atom is 0.320 e. The molecule has 2 aliphatic rings. The van der Waals surface area contributed by atoms with Crippen molar-refractivity contribution >= 4 is 17.7 Å². The first kappa shape index (κ1) is 22.2. The van der Waals surface area contributed by atoms with E-state index in [1.165, 1.54) is 0 Å². The maximum absolute atomic E-state index is 12.9. The van der Waals surface area contributed by atoms with Gasteiger partial charge in [-0.15, -0.1) is 0 Å². The third-order valence-electron chi connectivity index (χ3n) is 5.73. The summed E-state index contributed by atoms with van der Waals surface area (Å²) >= 11 is 0. The standard InChI is InChI=1S/C21H30N8O3/c1-31-9-7-26-19-17(22-3-5-24-19)15-11-28(12-15)21(30)29-13-16(14-29)18-20(25-6-4-23-18)27-8-10-32-2/h3-6,15-16H,7-14H2,1-2H3,(H,24,26)(H,25,27). The van der Waals surface area contributed by atoms with Gasteiger partial charge in [-0.05, 0) is 0 Å². The quantitative estimate of drug-likeness (QED) is 0.520. The minimum atomic E-state index is 0.0630. The summed E-state index contributed by atoms with van der Waals surface area (Å²) in [5.41, 5.74) is 1.81. The van der Waals surface area contributed by atoms with Crippen LogP contribution in [0, 0.1) is 0 Å². The molecular weight excluding hydrogens is 412 g/mol. The lowest BCUT2D eigenvalue weighted by Gasteiger charge is -2.46. The number of urea groups is 1. The number of aromatic nitrogens is 4. The molecule has 0 aliphatic carbocycles. The van der Waals surface area contributed by atoms with Crippen molar-refractivity contribution < 1.29 is 14.3 Å². The van der Waals surface area contributed by atoms with Crippen LogP contribution in [0.3, 0.4) is 0 Å². The molecule has 2 amide bonds. The highest BCUT2D eigenvalue weighted by Gasteiger charge is 2.41. The summed E-state index contributed by atoms with van der Waals surface area (Å²) in [5, 5.41) is 6.52. The molecule has 2 fully saturated rings. The zero-order chi connectivity index (χ0) is 22.3. The van der Waals surface area contributed by atoms with Crippen molar-refractivity contribution in [2.24, 2.45) is 0 Å². The molecule has 172 valence electrons. The fourth-order valence-electron chi connectivity index (χ4n) is 3.93. The number of hydrogen-bond acceptors (Lipinski definition) is 9. The van der Waals surface area contributed by atoms with E-state index in [4.69, 9.17) is 9.47 Å². The van der Waals surface area contributed by atoms with Gasteiger partial charge >= 0.3 is 6.03 Å². The molecule has 4 rings (SSSR count). The first-order chi connectivity index (χ1) is 15.7. The third kappa shape index (κ3) is 4.89. The fraction of sp³-hybridized carbons (Fsp3) is 0.571. The second-order valence-electron chi connectivity index (χ2n) is 7.91. The van der Waals surface area contributed by atoms with Crippen LogP contribution in [0.4, 0.5) is 16.4 Å². The molecule has 4 heterocycles. The molecule has 11 heteroatoms. The van der Waals surface area contributed by atoms with Crippen LogP contribution < -0.4 is 10.6 Å². The molecule has 2 saturated heterocycles. The van der Waals surface area contributed by atoms with Crippen LogP contribution in [0.2, 0.25) is 0 Å². The molecule has 2 aromatic rings. The Balaban J connectivity index is 1.27. The number of nitrogens with zero attached hydrogens (tertiary/aromatic N) is 6. The van der Waals surface area contributed by atoms with E-state index in [1.807, 2.05) is 9.80 Å². The molecule has 0 aromatic carbocycles. The average molecular weight is 443 g/mol. The van der Waals surface area contributed by atoms with Gasteiger partial charge in [0.25, 0.3) is 0 Å². The average Bonchev–Trinajstić information content (AvgIpc) is 2.74. The Morgan fingerprint density at radius 2 is 1.22 bits per heavy atom. The van der Waals surface area contributed by atoms with Crippen LogP contribution in [0.5, 0.6) is 0 Å². The number of ether oxygens (including phenoxy) is 2. The molecule has 0 saturated carbocycles. The lowest BCUT2D eigenvalue weighted by atomic mass is 9.93. The Morgan fingerprint density at radius 1 is 0.812 bits per heavy atom. The summed E-state index contributed by atoms with van der Waals surface area (Å²) < 4.78 is 10.2. The second kappa shape index (κ2) is 10.5. The first-order valence-corrected chi connectivity index (χ1v) is 10.8.